The molecule has 1 amide bonds. The van der Waals surface area contributed by atoms with Gasteiger partial charge >= 0.3 is 0 Å². The van der Waals surface area contributed by atoms with Crippen LogP contribution in [-0.4, -0.2) is 21.7 Å². The average Bonchev–Trinajstić information content (AvgIpc) is 3.17. The van der Waals surface area contributed by atoms with Crippen LogP contribution in [0.1, 0.15) is 55.3 Å². The van der Waals surface area contributed by atoms with Crippen molar-refractivity contribution in [3.8, 4) is 11.9 Å². The highest BCUT2D eigenvalue weighted by Crippen LogP contribution is 2.25. The second-order valence-corrected chi connectivity index (χ2v) is 7.47. The number of amides is 1. The predicted octanol–water partition coefficient (Wildman–Crippen LogP) is 3.99. The third kappa shape index (κ3) is 3.97. The van der Waals surface area contributed by atoms with E-state index in [9.17, 15) is 10.1 Å². The molecular weight excluding hydrogens is 340 g/mol. The molecule has 1 N–H and O–H groups in total. The summed E-state index contributed by atoms with van der Waals surface area (Å²) in [5.74, 6) is 1.58. The quantitative estimate of drug-likeness (QED) is 0.655. The Balaban J connectivity index is 1.85. The van der Waals surface area contributed by atoms with E-state index in [0.29, 0.717) is 11.7 Å². The standard InChI is InChI=1S/C21H26N4O2/c1-13-7-5-6-8-19(13)23-21(26)18(12-22)11-17-9-14(2)25(16(17)4)20-10-15(3)27-24-20/h9-11,13,19H,5-8H2,1-4H3,(H,23,26)/b18-11+/t13-,19-/m1/s1. The van der Waals surface area contributed by atoms with Gasteiger partial charge in [0.1, 0.15) is 17.4 Å². The molecule has 0 aromatic carbocycles. The Morgan fingerprint density at radius 1 is 1.33 bits per heavy atom. The van der Waals surface area contributed by atoms with E-state index in [1.165, 1.54) is 6.42 Å². The van der Waals surface area contributed by atoms with Crippen molar-refractivity contribution in [2.24, 2.45) is 5.92 Å². The number of nitrogens with zero attached hydrogens (tertiary/aromatic N) is 3. The molecule has 3 rings (SSSR count). The highest BCUT2D eigenvalue weighted by Gasteiger charge is 2.24. The molecule has 1 fully saturated rings. The van der Waals surface area contributed by atoms with Crippen LogP contribution in [0.2, 0.25) is 0 Å². The molecule has 6 nitrogen and oxygen atoms in total. The first kappa shape index (κ1) is 19.0. The Morgan fingerprint density at radius 2 is 2.07 bits per heavy atom. The van der Waals surface area contributed by atoms with Gasteiger partial charge in [-0.1, -0.05) is 24.9 Å². The molecule has 0 unspecified atom stereocenters. The maximum atomic E-state index is 12.6. The first-order chi connectivity index (χ1) is 12.9. The third-order valence-corrected chi connectivity index (χ3v) is 5.41. The fourth-order valence-corrected chi connectivity index (χ4v) is 3.83. The smallest absolute Gasteiger partial charge is 0.262 e. The first-order valence-corrected chi connectivity index (χ1v) is 9.46. The third-order valence-electron chi connectivity index (χ3n) is 5.41. The Labute approximate surface area is 159 Å². The second kappa shape index (κ2) is 7.83. The topological polar surface area (TPSA) is 83.9 Å². The molecule has 2 atom stereocenters. The summed E-state index contributed by atoms with van der Waals surface area (Å²) in [5, 5.41) is 16.6. The van der Waals surface area contributed by atoms with Crippen LogP contribution in [0, 0.1) is 38.0 Å². The number of nitriles is 1. The summed E-state index contributed by atoms with van der Waals surface area (Å²) in [5.41, 5.74) is 2.83. The molecule has 1 aliphatic rings. The summed E-state index contributed by atoms with van der Waals surface area (Å²) in [6.07, 6.45) is 6.09. The van der Waals surface area contributed by atoms with Crippen LogP contribution in [0.4, 0.5) is 0 Å². The van der Waals surface area contributed by atoms with Crippen molar-refractivity contribution in [2.75, 3.05) is 0 Å². The van der Waals surface area contributed by atoms with Gasteiger partial charge in [0.2, 0.25) is 0 Å². The lowest BCUT2D eigenvalue weighted by Gasteiger charge is -2.29. The van der Waals surface area contributed by atoms with Crippen LogP contribution in [-0.2, 0) is 4.79 Å². The van der Waals surface area contributed by atoms with Gasteiger partial charge in [-0.05, 0) is 57.2 Å². The maximum absolute atomic E-state index is 12.6. The molecule has 27 heavy (non-hydrogen) atoms. The predicted molar refractivity (Wildman–Crippen MR) is 103 cm³/mol. The molecule has 0 saturated heterocycles. The van der Waals surface area contributed by atoms with Crippen LogP contribution in [0.5, 0.6) is 0 Å². The van der Waals surface area contributed by atoms with E-state index in [1.54, 1.807) is 6.08 Å². The summed E-state index contributed by atoms with van der Waals surface area (Å²) < 4.78 is 7.13. The fourth-order valence-electron chi connectivity index (χ4n) is 3.83. The van der Waals surface area contributed by atoms with Gasteiger partial charge in [-0.25, -0.2) is 0 Å². The van der Waals surface area contributed by atoms with Gasteiger partial charge in [0, 0.05) is 23.5 Å². The molecule has 2 aromatic rings. The van der Waals surface area contributed by atoms with Crippen LogP contribution in [0.25, 0.3) is 11.9 Å². The van der Waals surface area contributed by atoms with Crippen LogP contribution >= 0.6 is 0 Å². The minimum atomic E-state index is -0.293. The molecule has 6 heteroatoms. The van der Waals surface area contributed by atoms with Crippen molar-refractivity contribution < 1.29 is 9.32 Å². The zero-order valence-electron chi connectivity index (χ0n) is 16.4. The molecule has 0 aliphatic heterocycles. The zero-order valence-corrected chi connectivity index (χ0v) is 16.4. The summed E-state index contributed by atoms with van der Waals surface area (Å²) in [6, 6.07) is 6.02. The largest absolute Gasteiger partial charge is 0.360 e. The fraction of sp³-hybridized carbons (Fsp3) is 0.476. The SMILES string of the molecule is Cc1cc(-n2c(C)cc(/C=C(\C#N)C(=O)N[C@@H]3CCCC[C@H]3C)c2C)no1. The van der Waals surface area contributed by atoms with Crippen LogP contribution < -0.4 is 5.32 Å². The van der Waals surface area contributed by atoms with Crippen molar-refractivity contribution in [3.05, 3.63) is 40.4 Å². The number of carbonyl (C=O) groups is 1. The van der Waals surface area contributed by atoms with Gasteiger partial charge < -0.3 is 9.84 Å². The molecule has 1 aliphatic carbocycles. The van der Waals surface area contributed by atoms with E-state index in [1.807, 2.05) is 37.5 Å². The number of rotatable bonds is 4. The number of hydrogen-bond donors (Lipinski definition) is 1. The van der Waals surface area contributed by atoms with E-state index in [2.05, 4.69) is 23.5 Å². The summed E-state index contributed by atoms with van der Waals surface area (Å²) in [6.45, 7) is 7.91. The van der Waals surface area contributed by atoms with Gasteiger partial charge in [-0.15, -0.1) is 0 Å². The lowest BCUT2D eigenvalue weighted by Crippen LogP contribution is -2.41. The minimum Gasteiger partial charge on any atom is -0.360 e. The second-order valence-electron chi connectivity index (χ2n) is 7.47. The maximum Gasteiger partial charge on any atom is 0.262 e. The van der Waals surface area contributed by atoms with Crippen molar-refractivity contribution >= 4 is 12.0 Å². The molecule has 0 spiro atoms. The van der Waals surface area contributed by atoms with E-state index >= 15 is 0 Å². The van der Waals surface area contributed by atoms with E-state index in [0.717, 1.165) is 42.0 Å². The number of hydrogen-bond acceptors (Lipinski definition) is 4. The van der Waals surface area contributed by atoms with Gasteiger partial charge in [0.25, 0.3) is 5.91 Å². The van der Waals surface area contributed by atoms with Crippen LogP contribution in [0.3, 0.4) is 0 Å². The minimum absolute atomic E-state index is 0.129. The summed E-state index contributed by atoms with van der Waals surface area (Å²) in [7, 11) is 0. The monoisotopic (exact) mass is 366 g/mol. The van der Waals surface area contributed by atoms with Gasteiger partial charge in [-0.3, -0.25) is 9.36 Å². The Kier molecular flexibility index (Phi) is 5.50. The first-order valence-electron chi connectivity index (χ1n) is 9.46. The number of carbonyl (C=O) groups excluding carboxylic acids is 1. The Morgan fingerprint density at radius 3 is 2.70 bits per heavy atom. The normalized spacial score (nSPS) is 20.3. The molecule has 0 radical (unpaired) electrons. The van der Waals surface area contributed by atoms with E-state index < -0.39 is 0 Å². The van der Waals surface area contributed by atoms with Crippen LogP contribution in [0.15, 0.2) is 22.2 Å². The molecule has 2 aromatic heterocycles. The Bertz CT molecular complexity index is 913. The molecule has 1 saturated carbocycles. The van der Waals surface area contributed by atoms with Gasteiger partial charge in [-0.2, -0.15) is 5.26 Å². The summed E-state index contributed by atoms with van der Waals surface area (Å²) in [4.78, 5) is 12.6. The van der Waals surface area contributed by atoms with Gasteiger partial charge in [0.05, 0.1) is 0 Å². The summed E-state index contributed by atoms with van der Waals surface area (Å²) >= 11 is 0. The zero-order chi connectivity index (χ0) is 19.6. The van der Waals surface area contributed by atoms with Crippen molar-refractivity contribution in [1.29, 1.82) is 5.26 Å². The number of aryl methyl sites for hydroxylation is 2. The molecule has 142 valence electrons. The van der Waals surface area contributed by atoms with Crippen molar-refractivity contribution in [3.63, 3.8) is 0 Å². The van der Waals surface area contributed by atoms with Gasteiger partial charge in [0.15, 0.2) is 5.82 Å². The number of aromatic nitrogens is 2. The molecule has 2 heterocycles. The average molecular weight is 366 g/mol. The highest BCUT2D eigenvalue weighted by molar-refractivity contribution is 6.02. The molecule has 0 bridgehead atoms. The van der Waals surface area contributed by atoms with Crippen molar-refractivity contribution in [2.45, 2.75) is 59.4 Å². The van der Waals surface area contributed by atoms with Crippen molar-refractivity contribution in [1.82, 2.24) is 15.0 Å². The molecular formula is C21H26N4O2. The van der Waals surface area contributed by atoms with E-state index in [4.69, 9.17) is 4.52 Å². The lowest BCUT2D eigenvalue weighted by atomic mass is 9.86. The highest BCUT2D eigenvalue weighted by atomic mass is 16.5. The Hall–Kier alpha value is -2.81. The lowest BCUT2D eigenvalue weighted by molar-refractivity contribution is -0.118. The van der Waals surface area contributed by atoms with E-state index in [-0.39, 0.29) is 17.5 Å². The number of nitrogens with one attached hydrogen (secondary N) is 1.